The predicted octanol–water partition coefficient (Wildman–Crippen LogP) is 2.78. The van der Waals surface area contributed by atoms with Crippen LogP contribution in [0.4, 0.5) is 0 Å². The summed E-state index contributed by atoms with van der Waals surface area (Å²) < 4.78 is 5.39. The molecule has 18 heavy (non-hydrogen) atoms. The first-order valence-electron chi connectivity index (χ1n) is 7.16. The van der Waals surface area contributed by atoms with E-state index in [1.165, 1.54) is 25.7 Å². The monoisotopic (exact) mass is 252 g/mol. The SMILES string of the molecule is O/N=C1CCCCCCC/C=C\1N1CCOCC1. The van der Waals surface area contributed by atoms with Crippen molar-refractivity contribution in [3.05, 3.63) is 11.8 Å². The molecule has 4 heteroatoms. The summed E-state index contributed by atoms with van der Waals surface area (Å²) in [7, 11) is 0. The molecule has 0 amide bonds. The molecule has 0 aromatic heterocycles. The van der Waals surface area contributed by atoms with Gasteiger partial charge in [-0.15, -0.1) is 0 Å². The molecule has 102 valence electrons. The number of hydrogen-bond donors (Lipinski definition) is 1. The van der Waals surface area contributed by atoms with Crippen molar-refractivity contribution in [1.29, 1.82) is 0 Å². The van der Waals surface area contributed by atoms with Crippen LogP contribution in [-0.4, -0.2) is 42.1 Å². The van der Waals surface area contributed by atoms with E-state index in [0.717, 1.165) is 57.0 Å². The zero-order chi connectivity index (χ0) is 12.6. The molecule has 4 nitrogen and oxygen atoms in total. The largest absolute Gasteiger partial charge is 0.411 e. The molecule has 1 saturated heterocycles. The molecular formula is C14H24N2O2. The molecule has 1 fully saturated rings. The van der Waals surface area contributed by atoms with Crippen molar-refractivity contribution in [3.8, 4) is 0 Å². The first kappa shape index (κ1) is 13.4. The summed E-state index contributed by atoms with van der Waals surface area (Å²) in [5.41, 5.74) is 2.00. The van der Waals surface area contributed by atoms with E-state index < -0.39 is 0 Å². The lowest BCUT2D eigenvalue weighted by Crippen LogP contribution is -2.38. The van der Waals surface area contributed by atoms with Gasteiger partial charge in [-0.1, -0.05) is 30.5 Å². The second kappa shape index (κ2) is 7.41. The third-order valence-corrected chi connectivity index (χ3v) is 3.72. The Morgan fingerprint density at radius 2 is 1.78 bits per heavy atom. The maximum atomic E-state index is 9.26. The van der Waals surface area contributed by atoms with Crippen molar-refractivity contribution in [2.75, 3.05) is 26.3 Å². The van der Waals surface area contributed by atoms with E-state index in [2.05, 4.69) is 16.1 Å². The van der Waals surface area contributed by atoms with E-state index in [-0.39, 0.29) is 0 Å². The summed E-state index contributed by atoms with van der Waals surface area (Å²) in [5, 5.41) is 12.8. The molecule has 1 aliphatic carbocycles. The number of morpholine rings is 1. The quantitative estimate of drug-likeness (QED) is 0.576. The maximum Gasteiger partial charge on any atom is 0.102 e. The predicted molar refractivity (Wildman–Crippen MR) is 72.0 cm³/mol. The fraction of sp³-hybridized carbons (Fsp3) is 0.786. The van der Waals surface area contributed by atoms with Crippen LogP contribution in [0, 0.1) is 0 Å². The van der Waals surface area contributed by atoms with Gasteiger partial charge in [0.25, 0.3) is 0 Å². The summed E-state index contributed by atoms with van der Waals surface area (Å²) in [4.78, 5) is 2.31. The smallest absolute Gasteiger partial charge is 0.102 e. The topological polar surface area (TPSA) is 45.1 Å². The van der Waals surface area contributed by atoms with Gasteiger partial charge in [-0.2, -0.15) is 0 Å². The van der Waals surface area contributed by atoms with Crippen molar-refractivity contribution < 1.29 is 9.94 Å². The second-order valence-corrected chi connectivity index (χ2v) is 5.04. The first-order chi connectivity index (χ1) is 8.92. The Morgan fingerprint density at radius 1 is 1.06 bits per heavy atom. The van der Waals surface area contributed by atoms with Gasteiger partial charge in [0.1, 0.15) is 5.71 Å². The molecule has 1 heterocycles. The highest BCUT2D eigenvalue weighted by molar-refractivity contribution is 5.99. The van der Waals surface area contributed by atoms with Gasteiger partial charge in [-0.3, -0.25) is 0 Å². The third-order valence-electron chi connectivity index (χ3n) is 3.72. The van der Waals surface area contributed by atoms with Crippen LogP contribution in [0.3, 0.4) is 0 Å². The Bertz CT molecular complexity index is 307. The number of rotatable bonds is 1. The van der Waals surface area contributed by atoms with Gasteiger partial charge in [0.15, 0.2) is 0 Å². The van der Waals surface area contributed by atoms with Crippen molar-refractivity contribution in [3.63, 3.8) is 0 Å². The molecule has 0 spiro atoms. The average Bonchev–Trinajstić information content (AvgIpc) is 2.44. The van der Waals surface area contributed by atoms with Crippen molar-refractivity contribution in [2.45, 2.75) is 44.9 Å². The molecule has 0 saturated carbocycles. The highest BCUT2D eigenvalue weighted by Gasteiger charge is 2.18. The Hall–Kier alpha value is -1.03. The van der Waals surface area contributed by atoms with E-state index >= 15 is 0 Å². The van der Waals surface area contributed by atoms with Crippen LogP contribution in [0.5, 0.6) is 0 Å². The van der Waals surface area contributed by atoms with Gasteiger partial charge in [0.05, 0.1) is 18.9 Å². The minimum atomic E-state index is 0.774. The normalized spacial score (nSPS) is 28.8. The van der Waals surface area contributed by atoms with Crippen molar-refractivity contribution in [1.82, 2.24) is 4.90 Å². The number of hydrogen-bond acceptors (Lipinski definition) is 4. The van der Waals surface area contributed by atoms with Crippen LogP contribution in [0.25, 0.3) is 0 Å². The highest BCUT2D eigenvalue weighted by atomic mass is 16.5. The number of oxime groups is 1. The first-order valence-corrected chi connectivity index (χ1v) is 7.16. The summed E-state index contributed by atoms with van der Waals surface area (Å²) >= 11 is 0. The fourth-order valence-corrected chi connectivity index (χ4v) is 2.67. The van der Waals surface area contributed by atoms with Crippen molar-refractivity contribution >= 4 is 5.71 Å². The summed E-state index contributed by atoms with van der Waals surface area (Å²) in [6.07, 6.45) is 10.5. The van der Waals surface area contributed by atoms with Crippen LogP contribution >= 0.6 is 0 Å². The van der Waals surface area contributed by atoms with Crippen LogP contribution in [0.1, 0.15) is 44.9 Å². The average molecular weight is 252 g/mol. The number of nitrogens with zero attached hydrogens (tertiary/aromatic N) is 2. The molecule has 1 N–H and O–H groups in total. The molecule has 1 aliphatic heterocycles. The standard InChI is InChI=1S/C14H24N2O2/c17-15-13-7-5-3-1-2-4-6-8-14(13)16-9-11-18-12-10-16/h8,17H,1-7,9-12H2/b14-8+,15-13+. The van der Waals surface area contributed by atoms with E-state index in [1.807, 2.05) is 0 Å². The number of allylic oxidation sites excluding steroid dienone is 2. The molecular weight excluding hydrogens is 228 g/mol. The Morgan fingerprint density at radius 3 is 2.56 bits per heavy atom. The zero-order valence-electron chi connectivity index (χ0n) is 11.1. The van der Waals surface area contributed by atoms with Crippen LogP contribution < -0.4 is 0 Å². The van der Waals surface area contributed by atoms with Crippen molar-refractivity contribution in [2.24, 2.45) is 5.16 Å². The van der Waals surface area contributed by atoms with Gasteiger partial charge >= 0.3 is 0 Å². The minimum Gasteiger partial charge on any atom is -0.411 e. The van der Waals surface area contributed by atoms with E-state index in [9.17, 15) is 5.21 Å². The van der Waals surface area contributed by atoms with Gasteiger partial charge in [-0.25, -0.2) is 0 Å². The Kier molecular flexibility index (Phi) is 5.52. The third kappa shape index (κ3) is 3.73. The lowest BCUT2D eigenvalue weighted by molar-refractivity contribution is 0.0560. The Labute approximate surface area is 109 Å². The van der Waals surface area contributed by atoms with E-state index in [0.29, 0.717) is 0 Å². The molecule has 0 unspecified atom stereocenters. The minimum absolute atomic E-state index is 0.774. The Balaban J connectivity index is 2.10. The van der Waals surface area contributed by atoms with Gasteiger partial charge in [-0.05, 0) is 25.7 Å². The molecule has 0 bridgehead atoms. The lowest BCUT2D eigenvalue weighted by atomic mass is 10.0. The van der Waals surface area contributed by atoms with E-state index in [4.69, 9.17) is 4.74 Å². The van der Waals surface area contributed by atoms with Gasteiger partial charge < -0.3 is 14.8 Å². The molecule has 0 radical (unpaired) electrons. The molecule has 0 atom stereocenters. The van der Waals surface area contributed by atoms with Crippen LogP contribution in [-0.2, 0) is 4.74 Å². The number of ether oxygens (including phenoxy) is 1. The summed E-state index contributed by atoms with van der Waals surface area (Å²) in [6, 6.07) is 0. The molecule has 2 aliphatic rings. The van der Waals surface area contributed by atoms with Crippen LogP contribution in [0.15, 0.2) is 16.9 Å². The summed E-state index contributed by atoms with van der Waals surface area (Å²) in [6.45, 7) is 3.36. The van der Waals surface area contributed by atoms with Gasteiger partial charge in [0.2, 0.25) is 0 Å². The highest BCUT2D eigenvalue weighted by Crippen LogP contribution is 2.19. The second-order valence-electron chi connectivity index (χ2n) is 5.04. The van der Waals surface area contributed by atoms with E-state index in [1.54, 1.807) is 0 Å². The summed E-state index contributed by atoms with van der Waals surface area (Å²) in [5.74, 6) is 0. The molecule has 0 aromatic carbocycles. The fourth-order valence-electron chi connectivity index (χ4n) is 2.67. The molecule has 2 rings (SSSR count). The van der Waals surface area contributed by atoms with Crippen LogP contribution in [0.2, 0.25) is 0 Å². The van der Waals surface area contributed by atoms with Gasteiger partial charge in [0, 0.05) is 13.1 Å². The molecule has 0 aromatic rings. The maximum absolute atomic E-state index is 9.26. The lowest BCUT2D eigenvalue weighted by Gasteiger charge is -2.31. The zero-order valence-corrected chi connectivity index (χ0v) is 11.1.